The van der Waals surface area contributed by atoms with E-state index in [4.69, 9.17) is 11.6 Å². The average Bonchev–Trinajstić information content (AvgIpc) is 2.81. The predicted molar refractivity (Wildman–Crippen MR) is 98.1 cm³/mol. The molecule has 0 radical (unpaired) electrons. The first kappa shape index (κ1) is 19.9. The number of halogens is 2. The van der Waals surface area contributed by atoms with Gasteiger partial charge in [-0.25, -0.2) is 9.07 Å². The predicted octanol–water partition coefficient (Wildman–Crippen LogP) is 3.01. The highest BCUT2D eigenvalue weighted by molar-refractivity contribution is 6.33. The van der Waals surface area contributed by atoms with Crippen molar-refractivity contribution in [2.45, 2.75) is 46.2 Å². The lowest BCUT2D eigenvalue weighted by molar-refractivity contribution is -0.124. The number of carbonyl (C=O) groups is 2. The average molecular weight is 381 g/mol. The van der Waals surface area contributed by atoms with Crippen molar-refractivity contribution in [3.63, 3.8) is 0 Å². The summed E-state index contributed by atoms with van der Waals surface area (Å²) in [6.45, 7) is 8.79. The fraction of sp³-hybridized carbons (Fsp3) is 0.389. The molecule has 1 aromatic carbocycles. The third kappa shape index (κ3) is 4.60. The van der Waals surface area contributed by atoms with Gasteiger partial charge in [-0.2, -0.15) is 5.10 Å². The molecule has 0 aliphatic rings. The number of carbonyl (C=O) groups excluding carboxylic acids is 2. The van der Waals surface area contributed by atoms with E-state index in [1.165, 1.54) is 28.9 Å². The number of aryl methyl sites for hydroxylation is 1. The molecule has 140 valence electrons. The van der Waals surface area contributed by atoms with E-state index in [9.17, 15) is 14.0 Å². The summed E-state index contributed by atoms with van der Waals surface area (Å²) < 4.78 is 14.4. The van der Waals surface area contributed by atoms with Gasteiger partial charge >= 0.3 is 0 Å². The van der Waals surface area contributed by atoms with Crippen molar-refractivity contribution in [3.05, 3.63) is 46.5 Å². The Kier molecular flexibility index (Phi) is 5.71. The zero-order chi connectivity index (χ0) is 19.6. The first-order valence-corrected chi connectivity index (χ1v) is 8.51. The van der Waals surface area contributed by atoms with Crippen LogP contribution in [0.25, 0.3) is 5.69 Å². The summed E-state index contributed by atoms with van der Waals surface area (Å²) in [5, 5.41) is 9.76. The second kappa shape index (κ2) is 7.45. The first-order chi connectivity index (χ1) is 12.0. The van der Waals surface area contributed by atoms with Crippen molar-refractivity contribution in [3.8, 4) is 5.69 Å². The number of rotatable bonds is 4. The Labute approximate surface area is 156 Å². The summed E-state index contributed by atoms with van der Waals surface area (Å²) in [5.41, 5.74) is 0.695. The molecule has 0 unspecified atom stereocenters. The van der Waals surface area contributed by atoms with Crippen molar-refractivity contribution >= 4 is 23.4 Å². The molecule has 0 spiro atoms. The smallest absolute Gasteiger partial charge is 0.256 e. The molecule has 0 fully saturated rings. The van der Waals surface area contributed by atoms with Crippen LogP contribution in [0, 0.1) is 12.7 Å². The van der Waals surface area contributed by atoms with Crippen LogP contribution in [0.5, 0.6) is 0 Å². The molecule has 2 N–H and O–H groups in total. The van der Waals surface area contributed by atoms with Crippen LogP contribution in [0.1, 0.15) is 43.7 Å². The Morgan fingerprint density at radius 1 is 1.23 bits per heavy atom. The summed E-state index contributed by atoms with van der Waals surface area (Å²) >= 11 is 6.31. The van der Waals surface area contributed by atoms with E-state index >= 15 is 0 Å². The molecular weight excluding hydrogens is 359 g/mol. The quantitative estimate of drug-likeness (QED) is 0.856. The highest BCUT2D eigenvalue weighted by Gasteiger charge is 2.25. The van der Waals surface area contributed by atoms with E-state index in [1.54, 1.807) is 13.8 Å². The SMILES string of the molecule is Cc1nn(-c2ccc(F)cc2)c(Cl)c1C(=O)N[C@@H](C)C(=O)NC(C)(C)C. The van der Waals surface area contributed by atoms with Crippen LogP contribution in [0.2, 0.25) is 5.15 Å². The Morgan fingerprint density at radius 2 is 1.81 bits per heavy atom. The van der Waals surface area contributed by atoms with Gasteiger partial charge in [-0.1, -0.05) is 11.6 Å². The van der Waals surface area contributed by atoms with Crippen LogP contribution in [0.15, 0.2) is 24.3 Å². The molecule has 1 atom stereocenters. The van der Waals surface area contributed by atoms with E-state index in [2.05, 4.69) is 15.7 Å². The largest absolute Gasteiger partial charge is 0.350 e. The number of nitrogens with one attached hydrogen (secondary N) is 2. The maximum absolute atomic E-state index is 13.1. The Morgan fingerprint density at radius 3 is 2.35 bits per heavy atom. The number of amides is 2. The molecular formula is C18H22ClFN4O2. The van der Waals surface area contributed by atoms with E-state index in [1.807, 2.05) is 20.8 Å². The fourth-order valence-corrected chi connectivity index (χ4v) is 2.68. The van der Waals surface area contributed by atoms with Crippen LogP contribution in [-0.4, -0.2) is 33.2 Å². The summed E-state index contributed by atoms with van der Waals surface area (Å²) in [5.74, 6) is -1.19. The zero-order valence-electron chi connectivity index (χ0n) is 15.4. The van der Waals surface area contributed by atoms with Gasteiger partial charge in [0, 0.05) is 5.54 Å². The van der Waals surface area contributed by atoms with Crippen molar-refractivity contribution in [2.75, 3.05) is 0 Å². The molecule has 0 aliphatic carbocycles. The monoisotopic (exact) mass is 380 g/mol. The molecule has 2 aromatic rings. The first-order valence-electron chi connectivity index (χ1n) is 8.13. The van der Waals surface area contributed by atoms with E-state index in [0.717, 1.165) is 0 Å². The van der Waals surface area contributed by atoms with Crippen LogP contribution in [0.4, 0.5) is 4.39 Å². The molecule has 0 saturated heterocycles. The van der Waals surface area contributed by atoms with Crippen LogP contribution < -0.4 is 10.6 Å². The third-order valence-corrected chi connectivity index (χ3v) is 3.89. The lowest BCUT2D eigenvalue weighted by atomic mass is 10.1. The fourth-order valence-electron chi connectivity index (χ4n) is 2.32. The minimum Gasteiger partial charge on any atom is -0.350 e. The molecule has 2 rings (SSSR count). The minimum absolute atomic E-state index is 0.0926. The number of hydrogen-bond acceptors (Lipinski definition) is 3. The Hall–Kier alpha value is -2.41. The second-order valence-electron chi connectivity index (χ2n) is 7.07. The maximum atomic E-state index is 13.1. The molecule has 8 heteroatoms. The van der Waals surface area contributed by atoms with Gasteiger partial charge in [0.15, 0.2) is 0 Å². The molecule has 1 aromatic heterocycles. The van der Waals surface area contributed by atoms with Crippen molar-refractivity contribution < 1.29 is 14.0 Å². The molecule has 0 bridgehead atoms. The molecule has 6 nitrogen and oxygen atoms in total. The van der Waals surface area contributed by atoms with Gasteiger partial charge in [0.25, 0.3) is 5.91 Å². The summed E-state index contributed by atoms with van der Waals surface area (Å²) in [6, 6.07) is 4.83. The number of aromatic nitrogens is 2. The molecule has 0 saturated carbocycles. The van der Waals surface area contributed by atoms with Crippen LogP contribution >= 0.6 is 11.6 Å². The number of hydrogen-bond donors (Lipinski definition) is 2. The van der Waals surface area contributed by atoms with E-state index < -0.39 is 17.5 Å². The van der Waals surface area contributed by atoms with E-state index in [0.29, 0.717) is 11.4 Å². The molecule has 26 heavy (non-hydrogen) atoms. The Bertz CT molecular complexity index is 825. The van der Waals surface area contributed by atoms with Crippen molar-refractivity contribution in [2.24, 2.45) is 0 Å². The van der Waals surface area contributed by atoms with Crippen molar-refractivity contribution in [1.82, 2.24) is 20.4 Å². The van der Waals surface area contributed by atoms with E-state index in [-0.39, 0.29) is 22.4 Å². The topological polar surface area (TPSA) is 76.0 Å². The normalized spacial score (nSPS) is 12.6. The lowest BCUT2D eigenvalue weighted by Gasteiger charge is -2.23. The van der Waals surface area contributed by atoms with Gasteiger partial charge in [0.1, 0.15) is 17.0 Å². The maximum Gasteiger partial charge on any atom is 0.256 e. The van der Waals surface area contributed by atoms with Crippen LogP contribution in [-0.2, 0) is 4.79 Å². The lowest BCUT2D eigenvalue weighted by Crippen LogP contribution is -2.50. The molecule has 2 amide bonds. The highest BCUT2D eigenvalue weighted by Crippen LogP contribution is 2.23. The van der Waals surface area contributed by atoms with Crippen molar-refractivity contribution in [1.29, 1.82) is 0 Å². The van der Waals surface area contributed by atoms with Gasteiger partial charge in [0.05, 0.1) is 16.9 Å². The van der Waals surface area contributed by atoms with Gasteiger partial charge < -0.3 is 10.6 Å². The van der Waals surface area contributed by atoms with Gasteiger partial charge in [-0.3, -0.25) is 9.59 Å². The summed E-state index contributed by atoms with van der Waals surface area (Å²) in [6.07, 6.45) is 0. The van der Waals surface area contributed by atoms with Gasteiger partial charge in [0.2, 0.25) is 5.91 Å². The third-order valence-electron chi connectivity index (χ3n) is 3.54. The zero-order valence-corrected chi connectivity index (χ0v) is 16.1. The number of benzene rings is 1. The van der Waals surface area contributed by atoms with Crippen LogP contribution in [0.3, 0.4) is 0 Å². The van der Waals surface area contributed by atoms with Gasteiger partial charge in [-0.15, -0.1) is 0 Å². The number of nitrogens with zero attached hydrogens (tertiary/aromatic N) is 2. The summed E-state index contributed by atoms with van der Waals surface area (Å²) in [4.78, 5) is 24.7. The summed E-state index contributed by atoms with van der Waals surface area (Å²) in [7, 11) is 0. The Balaban J connectivity index is 2.22. The molecule has 1 heterocycles. The highest BCUT2D eigenvalue weighted by atomic mass is 35.5. The molecule has 0 aliphatic heterocycles. The second-order valence-corrected chi connectivity index (χ2v) is 7.43. The minimum atomic E-state index is -0.744. The standard InChI is InChI=1S/C18H22ClFN4O2/c1-10-14(17(26)21-11(2)16(25)22-18(3,4)5)15(19)24(23-10)13-8-6-12(20)7-9-13/h6-9,11H,1-5H3,(H,21,26)(H,22,25)/t11-/m0/s1. The van der Waals surface area contributed by atoms with Gasteiger partial charge in [-0.05, 0) is 58.9 Å².